The molecule has 2 aromatic carbocycles. The van der Waals surface area contributed by atoms with Crippen molar-refractivity contribution in [3.8, 4) is 0 Å². The van der Waals surface area contributed by atoms with Gasteiger partial charge in [-0.1, -0.05) is 47.1 Å². The van der Waals surface area contributed by atoms with Crippen molar-refractivity contribution >= 4 is 15.9 Å². The summed E-state index contributed by atoms with van der Waals surface area (Å²) in [5.74, 6) is -0.201. The molecular weight excluding hydrogens is 317 g/mol. The molecule has 0 bridgehead atoms. The molecule has 0 saturated heterocycles. The second kappa shape index (κ2) is 7.00. The van der Waals surface area contributed by atoms with Gasteiger partial charge in [-0.05, 0) is 54.8 Å². The molecule has 2 aromatic rings. The molecule has 0 amide bonds. The van der Waals surface area contributed by atoms with Crippen LogP contribution in [0.2, 0.25) is 0 Å². The molecule has 1 atom stereocenters. The fourth-order valence-electron chi connectivity index (χ4n) is 2.53. The first-order valence-corrected chi connectivity index (χ1v) is 7.63. The number of halogens is 2. The summed E-state index contributed by atoms with van der Waals surface area (Å²) in [7, 11) is 1.95. The molecule has 0 heterocycles. The summed E-state index contributed by atoms with van der Waals surface area (Å²) >= 11 is 3.35. The lowest BCUT2D eigenvalue weighted by Crippen LogP contribution is -2.20. The third-order valence-corrected chi connectivity index (χ3v) is 3.98. The Balaban J connectivity index is 2.28. The average Bonchev–Trinajstić information content (AvgIpc) is 2.43. The van der Waals surface area contributed by atoms with Crippen LogP contribution in [0.15, 0.2) is 46.9 Å². The smallest absolute Gasteiger partial charge is 0.124 e. The van der Waals surface area contributed by atoms with Crippen LogP contribution in [0.3, 0.4) is 0 Å². The van der Waals surface area contributed by atoms with Gasteiger partial charge in [0.25, 0.3) is 0 Å². The molecule has 1 unspecified atom stereocenters. The summed E-state index contributed by atoms with van der Waals surface area (Å²) in [6, 6.07) is 13.7. The van der Waals surface area contributed by atoms with Crippen molar-refractivity contribution in [2.75, 3.05) is 7.05 Å². The quantitative estimate of drug-likeness (QED) is 0.838. The highest BCUT2D eigenvalue weighted by Crippen LogP contribution is 2.24. The van der Waals surface area contributed by atoms with Crippen LogP contribution in [0.4, 0.5) is 4.39 Å². The number of hydrogen-bond donors (Lipinski definition) is 1. The van der Waals surface area contributed by atoms with Crippen molar-refractivity contribution in [2.45, 2.75) is 25.8 Å². The van der Waals surface area contributed by atoms with Gasteiger partial charge in [0.15, 0.2) is 0 Å². The molecule has 0 aliphatic carbocycles. The Morgan fingerprint density at radius 2 is 1.95 bits per heavy atom. The van der Waals surface area contributed by atoms with Crippen LogP contribution in [-0.4, -0.2) is 7.05 Å². The highest BCUT2D eigenvalue weighted by molar-refractivity contribution is 9.10. The van der Waals surface area contributed by atoms with E-state index in [-0.39, 0.29) is 11.9 Å². The summed E-state index contributed by atoms with van der Waals surface area (Å²) in [6.07, 6.45) is 1.77. The van der Waals surface area contributed by atoms with Gasteiger partial charge in [0.1, 0.15) is 5.82 Å². The first-order valence-electron chi connectivity index (χ1n) is 6.84. The van der Waals surface area contributed by atoms with Crippen molar-refractivity contribution < 1.29 is 4.39 Å². The highest BCUT2D eigenvalue weighted by Gasteiger charge is 2.14. The van der Waals surface area contributed by atoms with E-state index < -0.39 is 0 Å². The Labute approximate surface area is 128 Å². The van der Waals surface area contributed by atoms with E-state index in [1.807, 2.05) is 13.1 Å². The number of aryl methyl sites for hydroxylation is 1. The molecule has 1 N–H and O–H groups in total. The Morgan fingerprint density at radius 1 is 1.20 bits per heavy atom. The zero-order chi connectivity index (χ0) is 14.5. The normalized spacial score (nSPS) is 12.4. The van der Waals surface area contributed by atoms with E-state index in [9.17, 15) is 4.39 Å². The van der Waals surface area contributed by atoms with Gasteiger partial charge in [0.05, 0.1) is 0 Å². The summed E-state index contributed by atoms with van der Waals surface area (Å²) in [5.41, 5.74) is 3.61. The van der Waals surface area contributed by atoms with Crippen molar-refractivity contribution in [1.29, 1.82) is 0 Å². The lowest BCUT2D eigenvalue weighted by molar-refractivity contribution is 0.579. The molecule has 0 spiro atoms. The number of benzene rings is 2. The molecule has 0 aliphatic heterocycles. The summed E-state index contributed by atoms with van der Waals surface area (Å²) in [4.78, 5) is 0. The van der Waals surface area contributed by atoms with E-state index in [0.29, 0.717) is 0 Å². The lowest BCUT2D eigenvalue weighted by Gasteiger charge is -2.20. The summed E-state index contributed by atoms with van der Waals surface area (Å²) < 4.78 is 14.3. The molecule has 0 aliphatic rings. The zero-order valence-electron chi connectivity index (χ0n) is 11.8. The van der Waals surface area contributed by atoms with Gasteiger partial charge in [-0.25, -0.2) is 4.39 Å². The van der Waals surface area contributed by atoms with E-state index in [0.717, 1.165) is 22.9 Å². The molecule has 0 aromatic heterocycles. The molecule has 1 nitrogen and oxygen atoms in total. The predicted molar refractivity (Wildman–Crippen MR) is 85.4 cm³/mol. The minimum Gasteiger partial charge on any atom is -0.313 e. The Hall–Kier alpha value is -1.19. The first-order chi connectivity index (χ1) is 9.63. The van der Waals surface area contributed by atoms with Crippen LogP contribution in [0.25, 0.3) is 0 Å². The first kappa shape index (κ1) is 15.2. The predicted octanol–water partition coefficient (Wildman–Crippen LogP) is 4.65. The molecular formula is C17H19BrFN. The molecule has 0 radical (unpaired) electrons. The van der Waals surface area contributed by atoms with Crippen LogP contribution in [0.1, 0.15) is 29.7 Å². The van der Waals surface area contributed by atoms with Crippen molar-refractivity contribution in [1.82, 2.24) is 5.32 Å². The SMILES string of the molecule is CCc1ccccc1C(Cc1cc(F)cc(Br)c1)NC. The van der Waals surface area contributed by atoms with Gasteiger partial charge in [-0.3, -0.25) is 0 Å². The van der Waals surface area contributed by atoms with Gasteiger partial charge in [-0.2, -0.15) is 0 Å². The fourth-order valence-corrected chi connectivity index (χ4v) is 3.04. The van der Waals surface area contributed by atoms with Crippen molar-refractivity contribution in [2.24, 2.45) is 0 Å². The standard InChI is InChI=1S/C17H19BrFN/c1-3-13-6-4-5-7-16(13)17(20-2)10-12-8-14(18)11-15(19)9-12/h4-9,11,17,20H,3,10H2,1-2H3. The molecule has 3 heteroatoms. The van der Waals surface area contributed by atoms with E-state index in [2.05, 4.69) is 52.4 Å². The van der Waals surface area contributed by atoms with Gasteiger partial charge >= 0.3 is 0 Å². The molecule has 2 rings (SSSR count). The van der Waals surface area contributed by atoms with Crippen LogP contribution >= 0.6 is 15.9 Å². The molecule has 106 valence electrons. The molecule has 0 saturated carbocycles. The minimum absolute atomic E-state index is 0.194. The maximum absolute atomic E-state index is 13.5. The number of likely N-dealkylation sites (N-methyl/N-ethyl adjacent to an activating group) is 1. The van der Waals surface area contributed by atoms with Crippen LogP contribution in [0.5, 0.6) is 0 Å². The number of nitrogens with one attached hydrogen (secondary N) is 1. The zero-order valence-corrected chi connectivity index (χ0v) is 13.4. The van der Waals surface area contributed by atoms with Crippen LogP contribution in [-0.2, 0) is 12.8 Å². The van der Waals surface area contributed by atoms with E-state index >= 15 is 0 Å². The maximum atomic E-state index is 13.5. The average molecular weight is 336 g/mol. The summed E-state index contributed by atoms with van der Waals surface area (Å²) in [5, 5.41) is 3.34. The van der Waals surface area contributed by atoms with E-state index in [4.69, 9.17) is 0 Å². The van der Waals surface area contributed by atoms with Gasteiger partial charge in [0.2, 0.25) is 0 Å². The Morgan fingerprint density at radius 3 is 2.60 bits per heavy atom. The lowest BCUT2D eigenvalue weighted by atomic mass is 9.94. The van der Waals surface area contributed by atoms with Gasteiger partial charge < -0.3 is 5.32 Å². The van der Waals surface area contributed by atoms with Crippen molar-refractivity contribution in [3.63, 3.8) is 0 Å². The van der Waals surface area contributed by atoms with Gasteiger partial charge in [0, 0.05) is 10.5 Å². The van der Waals surface area contributed by atoms with E-state index in [1.54, 1.807) is 6.07 Å². The van der Waals surface area contributed by atoms with Crippen LogP contribution < -0.4 is 5.32 Å². The largest absolute Gasteiger partial charge is 0.313 e. The molecule has 20 heavy (non-hydrogen) atoms. The topological polar surface area (TPSA) is 12.0 Å². The van der Waals surface area contributed by atoms with E-state index in [1.165, 1.54) is 17.2 Å². The Bertz CT molecular complexity index is 563. The van der Waals surface area contributed by atoms with Gasteiger partial charge in [-0.15, -0.1) is 0 Å². The second-order valence-electron chi connectivity index (χ2n) is 4.88. The Kier molecular flexibility index (Phi) is 5.32. The maximum Gasteiger partial charge on any atom is 0.124 e. The third kappa shape index (κ3) is 3.68. The monoisotopic (exact) mass is 335 g/mol. The fraction of sp³-hybridized carbons (Fsp3) is 0.294. The number of rotatable bonds is 5. The second-order valence-corrected chi connectivity index (χ2v) is 5.79. The van der Waals surface area contributed by atoms with Crippen molar-refractivity contribution in [3.05, 3.63) is 69.4 Å². The number of hydrogen-bond acceptors (Lipinski definition) is 1. The highest BCUT2D eigenvalue weighted by atomic mass is 79.9. The summed E-state index contributed by atoms with van der Waals surface area (Å²) in [6.45, 7) is 2.16. The van der Waals surface area contributed by atoms with Crippen LogP contribution in [0, 0.1) is 5.82 Å². The molecule has 0 fully saturated rings. The third-order valence-electron chi connectivity index (χ3n) is 3.52. The minimum atomic E-state index is -0.201.